The van der Waals surface area contributed by atoms with Crippen molar-refractivity contribution in [2.24, 2.45) is 0 Å². The van der Waals surface area contributed by atoms with Crippen molar-refractivity contribution in [2.45, 2.75) is 45.2 Å². The second-order valence-corrected chi connectivity index (χ2v) is 7.80. The van der Waals surface area contributed by atoms with Gasteiger partial charge in [0.2, 0.25) is 0 Å². The third-order valence-electron chi connectivity index (χ3n) is 5.18. The first kappa shape index (κ1) is 23.0. The monoisotopic (exact) mass is 453 g/mol. The Labute approximate surface area is 183 Å². The summed E-state index contributed by atoms with van der Waals surface area (Å²) >= 11 is 6.29. The largest absolute Gasteiger partial charge is 0.493 e. The number of hydrogen-bond acceptors (Lipinski definition) is 5. The van der Waals surface area contributed by atoms with Crippen LogP contribution in [0.5, 0.6) is 5.75 Å². The Bertz CT molecular complexity index is 1050. The van der Waals surface area contributed by atoms with E-state index in [4.69, 9.17) is 26.1 Å². The summed E-state index contributed by atoms with van der Waals surface area (Å²) in [4.78, 5) is 2.04. The number of alkyl halides is 3. The molecule has 5 nitrogen and oxygen atoms in total. The molecule has 0 bridgehead atoms. The molecule has 2 aromatic rings. The molecule has 1 aliphatic carbocycles. The number of allylic oxidation sites excluding steroid dienone is 4. The van der Waals surface area contributed by atoms with Gasteiger partial charge in [0.1, 0.15) is 5.75 Å². The zero-order valence-electron chi connectivity index (χ0n) is 17.4. The van der Waals surface area contributed by atoms with Gasteiger partial charge in [0.25, 0.3) is 0 Å². The van der Waals surface area contributed by atoms with E-state index in [9.17, 15) is 13.2 Å². The minimum absolute atomic E-state index is 0.0493. The number of nitriles is 1. The molecule has 3 rings (SSSR count). The molecule has 0 radical (unpaired) electrons. The molecule has 1 aromatic carbocycles. The van der Waals surface area contributed by atoms with E-state index in [0.29, 0.717) is 60.8 Å². The molecule has 0 unspecified atom stereocenters. The lowest BCUT2D eigenvalue weighted by Crippen LogP contribution is -2.22. The predicted octanol–water partition coefficient (Wildman–Crippen LogP) is 6.19. The highest BCUT2D eigenvalue weighted by atomic mass is 35.5. The molecule has 1 aromatic heterocycles. The average molecular weight is 454 g/mol. The van der Waals surface area contributed by atoms with Crippen molar-refractivity contribution >= 4 is 22.6 Å². The van der Waals surface area contributed by atoms with Crippen molar-refractivity contribution in [1.82, 2.24) is 10.1 Å². The number of aromatic nitrogens is 1. The first-order chi connectivity index (χ1) is 14.8. The maximum absolute atomic E-state index is 13.1. The van der Waals surface area contributed by atoms with Crippen molar-refractivity contribution in [2.75, 3.05) is 20.2 Å². The molecule has 1 heterocycles. The molecule has 31 heavy (non-hydrogen) atoms. The topological polar surface area (TPSA) is 62.3 Å². The molecular formula is C22H23ClF3N3O2. The van der Waals surface area contributed by atoms with E-state index in [1.807, 2.05) is 18.9 Å². The highest BCUT2D eigenvalue weighted by molar-refractivity contribution is 6.31. The Morgan fingerprint density at radius 1 is 1.32 bits per heavy atom. The molecule has 1 aliphatic rings. The van der Waals surface area contributed by atoms with Crippen LogP contribution in [0.1, 0.15) is 43.9 Å². The van der Waals surface area contributed by atoms with Crippen molar-refractivity contribution in [3.63, 3.8) is 0 Å². The maximum Gasteiger partial charge on any atom is 0.437 e. The summed E-state index contributed by atoms with van der Waals surface area (Å²) in [6.07, 6.45) is 0.444. The third kappa shape index (κ3) is 5.16. The van der Waals surface area contributed by atoms with Gasteiger partial charge in [-0.15, -0.1) is 0 Å². The maximum atomic E-state index is 13.1. The van der Waals surface area contributed by atoms with E-state index in [2.05, 4.69) is 11.2 Å². The first-order valence-electron chi connectivity index (χ1n) is 10.1. The van der Waals surface area contributed by atoms with Gasteiger partial charge in [0.05, 0.1) is 23.1 Å². The molecule has 0 spiro atoms. The van der Waals surface area contributed by atoms with E-state index in [1.54, 1.807) is 12.1 Å². The van der Waals surface area contributed by atoms with Crippen LogP contribution in [0.4, 0.5) is 13.2 Å². The average Bonchev–Trinajstić information content (AvgIpc) is 3.17. The number of benzene rings is 1. The van der Waals surface area contributed by atoms with Gasteiger partial charge in [0.15, 0.2) is 11.3 Å². The van der Waals surface area contributed by atoms with E-state index < -0.39 is 11.9 Å². The van der Waals surface area contributed by atoms with Gasteiger partial charge < -0.3 is 14.2 Å². The number of hydrogen-bond donors (Lipinski definition) is 0. The van der Waals surface area contributed by atoms with Gasteiger partial charge in [-0.3, -0.25) is 0 Å². The second-order valence-electron chi connectivity index (χ2n) is 7.40. The minimum Gasteiger partial charge on any atom is -0.493 e. The number of nitrogens with zero attached hydrogens (tertiary/aromatic N) is 3. The van der Waals surface area contributed by atoms with Gasteiger partial charge >= 0.3 is 6.18 Å². The van der Waals surface area contributed by atoms with Gasteiger partial charge in [-0.05, 0) is 43.9 Å². The Balaban J connectivity index is 1.67. The number of ether oxygens (including phenoxy) is 1. The summed E-state index contributed by atoms with van der Waals surface area (Å²) in [6, 6.07) is 5.03. The van der Waals surface area contributed by atoms with E-state index >= 15 is 0 Å². The molecule has 0 amide bonds. The fourth-order valence-corrected chi connectivity index (χ4v) is 4.00. The first-order valence-corrected chi connectivity index (χ1v) is 10.5. The zero-order chi connectivity index (χ0) is 22.6. The smallest absolute Gasteiger partial charge is 0.437 e. The molecule has 166 valence electrons. The van der Waals surface area contributed by atoms with Gasteiger partial charge in [-0.25, -0.2) is 0 Å². The summed E-state index contributed by atoms with van der Waals surface area (Å²) in [7, 11) is 1.94. The lowest BCUT2D eigenvalue weighted by Gasteiger charge is -2.26. The van der Waals surface area contributed by atoms with E-state index in [0.717, 1.165) is 12.1 Å². The molecule has 0 aliphatic heterocycles. The Hall–Kier alpha value is -2.66. The van der Waals surface area contributed by atoms with Crippen LogP contribution in [0, 0.1) is 11.3 Å². The van der Waals surface area contributed by atoms with Crippen molar-refractivity contribution in [1.29, 1.82) is 5.26 Å². The molecule has 0 atom stereocenters. The Morgan fingerprint density at radius 3 is 2.74 bits per heavy atom. The Kier molecular flexibility index (Phi) is 7.16. The lowest BCUT2D eigenvalue weighted by molar-refractivity contribution is -0.141. The highest BCUT2D eigenvalue weighted by Gasteiger charge is 2.37. The normalized spacial score (nSPS) is 14.5. The van der Waals surface area contributed by atoms with Crippen LogP contribution in [0.25, 0.3) is 11.0 Å². The third-order valence-corrected chi connectivity index (χ3v) is 5.50. The molecule has 0 saturated heterocycles. The van der Waals surface area contributed by atoms with Gasteiger partial charge in [-0.2, -0.15) is 18.4 Å². The molecule has 9 heteroatoms. The van der Waals surface area contributed by atoms with Crippen molar-refractivity contribution in [3.8, 4) is 11.8 Å². The number of aryl methyl sites for hydroxylation is 1. The molecule has 0 fully saturated rings. The van der Waals surface area contributed by atoms with Crippen LogP contribution in [-0.4, -0.2) is 30.3 Å². The van der Waals surface area contributed by atoms with Crippen molar-refractivity contribution < 1.29 is 22.4 Å². The summed E-state index contributed by atoms with van der Waals surface area (Å²) < 4.78 is 50.3. The SMILES string of the molecule is CCCc1c(OCCCN(C)C2=C(Cl)C=C(C#N)CC2)ccc2c(C(F)(F)F)noc12. The number of fused-ring (bicyclic) bond motifs is 1. The summed E-state index contributed by atoms with van der Waals surface area (Å²) in [6.45, 7) is 3.01. The van der Waals surface area contributed by atoms with Gasteiger partial charge in [-0.1, -0.05) is 30.1 Å². The lowest BCUT2D eigenvalue weighted by atomic mass is 10.0. The minimum atomic E-state index is -4.57. The number of halogens is 4. The van der Waals surface area contributed by atoms with Crippen LogP contribution in [0.2, 0.25) is 0 Å². The zero-order valence-corrected chi connectivity index (χ0v) is 18.1. The van der Waals surface area contributed by atoms with Crippen LogP contribution in [0.3, 0.4) is 0 Å². The number of rotatable bonds is 8. The Morgan fingerprint density at radius 2 is 2.10 bits per heavy atom. The summed E-state index contributed by atoms with van der Waals surface area (Å²) in [5.41, 5.74) is 1.37. The van der Waals surface area contributed by atoms with E-state index in [1.165, 1.54) is 6.07 Å². The summed E-state index contributed by atoms with van der Waals surface area (Å²) in [5, 5.41) is 12.8. The highest BCUT2D eigenvalue weighted by Crippen LogP contribution is 2.38. The van der Waals surface area contributed by atoms with Crippen LogP contribution >= 0.6 is 11.6 Å². The fourth-order valence-electron chi connectivity index (χ4n) is 3.63. The standard InChI is InChI=1S/C22H23ClF3N3O2/c1-3-5-15-19(9-7-16-20(15)31-28-21(16)22(24,25)26)30-11-4-10-29(2)18-8-6-14(13-27)12-17(18)23/h7,9,12H,3-6,8,10-11H2,1-2H3. The fraction of sp³-hybridized carbons (Fsp3) is 0.455. The van der Waals surface area contributed by atoms with Crippen LogP contribution in [-0.2, 0) is 12.6 Å². The van der Waals surface area contributed by atoms with Crippen LogP contribution in [0.15, 0.2) is 39.0 Å². The molecular weight excluding hydrogens is 431 g/mol. The quantitative estimate of drug-likeness (QED) is 0.446. The molecule has 0 N–H and O–H groups in total. The van der Waals surface area contributed by atoms with Gasteiger partial charge in [0, 0.05) is 30.4 Å². The molecule has 0 saturated carbocycles. The second kappa shape index (κ2) is 9.65. The predicted molar refractivity (Wildman–Crippen MR) is 112 cm³/mol. The van der Waals surface area contributed by atoms with Crippen LogP contribution < -0.4 is 4.74 Å². The van der Waals surface area contributed by atoms with Crippen molar-refractivity contribution in [3.05, 3.63) is 45.8 Å². The summed E-state index contributed by atoms with van der Waals surface area (Å²) in [5.74, 6) is 0.512. The van der Waals surface area contributed by atoms with E-state index in [-0.39, 0.29) is 11.0 Å².